The van der Waals surface area contributed by atoms with Gasteiger partial charge < -0.3 is 5.11 Å². The molecule has 0 saturated carbocycles. The van der Waals surface area contributed by atoms with E-state index in [0.717, 1.165) is 11.8 Å². The second-order valence-corrected chi connectivity index (χ2v) is 7.21. The summed E-state index contributed by atoms with van der Waals surface area (Å²) < 4.78 is 22.8. The first-order valence-corrected chi connectivity index (χ1v) is 9.17. The van der Waals surface area contributed by atoms with Gasteiger partial charge in [0.25, 0.3) is 5.91 Å². The molecule has 6 nitrogen and oxygen atoms in total. The summed E-state index contributed by atoms with van der Waals surface area (Å²) in [6.45, 7) is 1.90. The highest BCUT2D eigenvalue weighted by atomic mass is 32.2. The lowest BCUT2D eigenvalue weighted by atomic mass is 10.1. The van der Waals surface area contributed by atoms with Crippen LogP contribution in [-0.2, 0) is 9.84 Å². The highest BCUT2D eigenvalue weighted by Crippen LogP contribution is 2.12. The maximum Gasteiger partial charge on any atom is 0.271 e. The minimum atomic E-state index is -3.29. The van der Waals surface area contributed by atoms with E-state index in [1.54, 1.807) is 24.3 Å². The third kappa shape index (κ3) is 4.42. The Morgan fingerprint density at radius 1 is 1.04 bits per heavy atom. The highest BCUT2D eigenvalue weighted by Gasteiger charge is 2.10. The number of carbonyl (C=O) groups is 1. The summed E-state index contributed by atoms with van der Waals surface area (Å²) in [5, 5.41) is 13.4. The van der Waals surface area contributed by atoms with E-state index in [1.165, 1.54) is 24.3 Å². The van der Waals surface area contributed by atoms with Crippen LogP contribution in [0.4, 0.5) is 0 Å². The molecule has 2 N–H and O–H groups in total. The number of amides is 1. The molecule has 7 heteroatoms. The van der Waals surface area contributed by atoms with Crippen molar-refractivity contribution in [2.45, 2.75) is 18.2 Å². The molecule has 0 unspecified atom stereocenters. The molecule has 1 amide bonds. The van der Waals surface area contributed by atoms with Crippen LogP contribution in [0.2, 0.25) is 0 Å². The Bertz CT molecular complexity index is 854. The van der Waals surface area contributed by atoms with E-state index < -0.39 is 15.7 Å². The molecular weight excluding hydrogens is 328 g/mol. The number of phenolic OH excluding ortho intramolecular Hbond substituents is 1. The fourth-order valence-corrected chi connectivity index (χ4v) is 2.67. The average molecular weight is 346 g/mol. The van der Waals surface area contributed by atoms with E-state index in [1.807, 2.05) is 6.92 Å². The van der Waals surface area contributed by atoms with Gasteiger partial charge in [-0.25, -0.2) is 13.8 Å². The molecule has 0 saturated heterocycles. The van der Waals surface area contributed by atoms with Crippen LogP contribution in [0.15, 0.2) is 58.5 Å². The number of hydrogen-bond donors (Lipinski definition) is 2. The number of nitrogens with zero attached hydrogens (tertiary/aromatic N) is 1. The lowest BCUT2D eigenvalue weighted by Gasteiger charge is -2.06. The molecule has 126 valence electrons. The summed E-state index contributed by atoms with van der Waals surface area (Å²) in [5.74, 6) is -0.274. The van der Waals surface area contributed by atoms with Gasteiger partial charge in [0.15, 0.2) is 9.84 Å². The van der Waals surface area contributed by atoms with Crippen LogP contribution in [0, 0.1) is 0 Å². The molecule has 0 bridgehead atoms. The van der Waals surface area contributed by atoms with Crippen molar-refractivity contribution in [1.29, 1.82) is 0 Å². The van der Waals surface area contributed by atoms with Gasteiger partial charge in [0.05, 0.1) is 10.6 Å². The van der Waals surface area contributed by atoms with Gasteiger partial charge in [-0.15, -0.1) is 0 Å². The summed E-state index contributed by atoms with van der Waals surface area (Å²) in [6.07, 6.45) is 1.70. The van der Waals surface area contributed by atoms with E-state index in [4.69, 9.17) is 0 Å². The third-order valence-corrected chi connectivity index (χ3v) is 4.50. The van der Waals surface area contributed by atoms with E-state index in [2.05, 4.69) is 10.5 Å². The number of aromatic hydroxyl groups is 1. The molecule has 0 heterocycles. The van der Waals surface area contributed by atoms with Crippen LogP contribution in [0.1, 0.15) is 29.3 Å². The lowest BCUT2D eigenvalue weighted by Crippen LogP contribution is -2.20. The fourth-order valence-electron chi connectivity index (χ4n) is 2.04. The number of carbonyl (C=O) groups excluding carboxylic acids is 1. The zero-order valence-corrected chi connectivity index (χ0v) is 14.2. The Morgan fingerprint density at radius 2 is 1.58 bits per heavy atom. The van der Waals surface area contributed by atoms with Crippen LogP contribution in [0.3, 0.4) is 0 Å². The monoisotopic (exact) mass is 346 g/mol. The van der Waals surface area contributed by atoms with Gasteiger partial charge in [-0.05, 0) is 60.5 Å². The second kappa shape index (κ2) is 7.27. The number of sulfone groups is 1. The van der Waals surface area contributed by atoms with Crippen LogP contribution in [0.5, 0.6) is 5.75 Å². The summed E-state index contributed by atoms with van der Waals surface area (Å²) >= 11 is 0. The van der Waals surface area contributed by atoms with Crippen molar-refractivity contribution >= 4 is 21.5 Å². The molecule has 2 aromatic carbocycles. The van der Waals surface area contributed by atoms with Crippen molar-refractivity contribution in [2.24, 2.45) is 5.10 Å². The first kappa shape index (κ1) is 17.7. The first-order chi connectivity index (χ1) is 11.3. The predicted molar refractivity (Wildman–Crippen MR) is 92.0 cm³/mol. The van der Waals surface area contributed by atoms with Crippen LogP contribution < -0.4 is 5.43 Å². The highest BCUT2D eigenvalue weighted by molar-refractivity contribution is 7.90. The zero-order chi connectivity index (χ0) is 17.7. The Kier molecular flexibility index (Phi) is 5.35. The first-order valence-electron chi connectivity index (χ1n) is 7.27. The number of phenols is 1. The van der Waals surface area contributed by atoms with Gasteiger partial charge in [-0.1, -0.05) is 6.92 Å². The van der Waals surface area contributed by atoms with Gasteiger partial charge in [0, 0.05) is 11.8 Å². The molecule has 2 aromatic rings. The van der Waals surface area contributed by atoms with Crippen molar-refractivity contribution in [2.75, 3.05) is 6.26 Å². The minimum absolute atomic E-state index is 0.154. The Balaban J connectivity index is 2.14. The average Bonchev–Trinajstić information content (AvgIpc) is 2.56. The quantitative estimate of drug-likeness (QED) is 0.641. The van der Waals surface area contributed by atoms with E-state index in [-0.39, 0.29) is 10.6 Å². The van der Waals surface area contributed by atoms with E-state index >= 15 is 0 Å². The second-order valence-electron chi connectivity index (χ2n) is 5.20. The lowest BCUT2D eigenvalue weighted by molar-refractivity contribution is 0.0954. The maximum atomic E-state index is 12.1. The summed E-state index contributed by atoms with van der Waals surface area (Å²) in [4.78, 5) is 12.3. The molecule has 0 radical (unpaired) electrons. The van der Waals surface area contributed by atoms with Crippen molar-refractivity contribution < 1.29 is 18.3 Å². The maximum absolute atomic E-state index is 12.1. The molecule has 0 aliphatic rings. The molecule has 0 aromatic heterocycles. The normalized spacial score (nSPS) is 12.0. The van der Waals surface area contributed by atoms with Gasteiger partial charge in [0.2, 0.25) is 0 Å². The third-order valence-electron chi connectivity index (χ3n) is 3.37. The predicted octanol–water partition coefficient (Wildman–Crippen LogP) is 2.34. The van der Waals surface area contributed by atoms with Gasteiger partial charge >= 0.3 is 0 Å². The van der Waals surface area contributed by atoms with Crippen molar-refractivity contribution in [3.8, 4) is 5.75 Å². The summed E-state index contributed by atoms with van der Waals surface area (Å²) in [5.41, 5.74) is 4.23. The van der Waals surface area contributed by atoms with Crippen molar-refractivity contribution in [1.82, 2.24) is 5.43 Å². The van der Waals surface area contributed by atoms with E-state index in [9.17, 15) is 18.3 Å². The molecule has 0 aliphatic carbocycles. The van der Waals surface area contributed by atoms with Crippen molar-refractivity contribution in [3.63, 3.8) is 0 Å². The topological polar surface area (TPSA) is 95.8 Å². The number of nitrogens with one attached hydrogen (secondary N) is 1. The SMILES string of the molecule is CC/C(=N\NC(=O)c1ccc(S(C)(=O)=O)cc1)c1ccc(O)cc1. The number of benzene rings is 2. The van der Waals surface area contributed by atoms with Crippen LogP contribution in [-0.4, -0.2) is 31.4 Å². The molecule has 0 atom stereocenters. The molecule has 0 spiro atoms. The largest absolute Gasteiger partial charge is 0.508 e. The Morgan fingerprint density at radius 3 is 2.08 bits per heavy atom. The molecule has 0 fully saturated rings. The van der Waals surface area contributed by atoms with E-state index in [0.29, 0.717) is 17.7 Å². The smallest absolute Gasteiger partial charge is 0.271 e. The summed E-state index contributed by atoms with van der Waals surface area (Å²) in [6, 6.07) is 12.2. The number of hydrazone groups is 1. The Labute approximate surface area is 140 Å². The molecule has 0 aliphatic heterocycles. The van der Waals surface area contributed by atoms with Crippen molar-refractivity contribution in [3.05, 3.63) is 59.7 Å². The molecule has 24 heavy (non-hydrogen) atoms. The summed E-state index contributed by atoms with van der Waals surface area (Å²) in [7, 11) is -3.29. The standard InChI is InChI=1S/C17H18N2O4S/c1-3-16(12-4-8-14(20)9-5-12)18-19-17(21)13-6-10-15(11-7-13)24(2,22)23/h4-11,20H,3H2,1-2H3,(H,19,21)/b18-16+. The van der Waals surface area contributed by atoms with Gasteiger partial charge in [-0.3, -0.25) is 4.79 Å². The number of hydrogen-bond acceptors (Lipinski definition) is 5. The molecule has 2 rings (SSSR count). The van der Waals surface area contributed by atoms with Gasteiger partial charge in [-0.2, -0.15) is 5.10 Å². The Hall–Kier alpha value is -2.67. The van der Waals surface area contributed by atoms with Crippen LogP contribution in [0.25, 0.3) is 0 Å². The zero-order valence-electron chi connectivity index (χ0n) is 13.4. The fraction of sp³-hybridized carbons (Fsp3) is 0.176. The number of rotatable bonds is 5. The molecular formula is C17H18N2O4S. The minimum Gasteiger partial charge on any atom is -0.508 e. The van der Waals surface area contributed by atoms with Gasteiger partial charge in [0.1, 0.15) is 5.75 Å². The van der Waals surface area contributed by atoms with Crippen LogP contribution >= 0.6 is 0 Å².